The Balaban J connectivity index is 0.00000121. The number of piperazine rings is 1. The van der Waals surface area contributed by atoms with Gasteiger partial charge in [0.2, 0.25) is 0 Å². The van der Waals surface area contributed by atoms with Crippen LogP contribution >= 0.6 is 24.8 Å². The third-order valence-electron chi connectivity index (χ3n) is 4.31. The number of hydrogen-bond donors (Lipinski definition) is 1. The number of amides is 1. The molecule has 1 aliphatic carbocycles. The molecule has 1 saturated heterocycles. The lowest BCUT2D eigenvalue weighted by Crippen LogP contribution is -2.56. The maximum absolute atomic E-state index is 12.3. The fourth-order valence-corrected chi connectivity index (χ4v) is 2.83. The number of halogens is 2. The zero-order valence-electron chi connectivity index (χ0n) is 12.9. The molecule has 0 aromatic heterocycles. The standard InChI is InChI=1S/C16H23N3O.2ClH/c1-18-9-11-19(12-10-18)15(13-7-8-13)17-16(20)14-5-3-2-4-6-14;;/h2-6,13,15H,7-12H2,1H3,(H,17,20);2*1H. The minimum Gasteiger partial charge on any atom is -0.336 e. The minimum absolute atomic E-state index is 0. The summed E-state index contributed by atoms with van der Waals surface area (Å²) >= 11 is 0. The molecule has 0 radical (unpaired) electrons. The molecule has 1 atom stereocenters. The second-order valence-corrected chi connectivity index (χ2v) is 5.96. The van der Waals surface area contributed by atoms with E-state index in [-0.39, 0.29) is 36.9 Å². The van der Waals surface area contributed by atoms with Gasteiger partial charge in [-0.2, -0.15) is 0 Å². The van der Waals surface area contributed by atoms with Gasteiger partial charge in [0.1, 0.15) is 0 Å². The molecule has 1 unspecified atom stereocenters. The molecule has 6 heteroatoms. The first kappa shape index (κ1) is 19.2. The highest BCUT2D eigenvalue weighted by atomic mass is 35.5. The monoisotopic (exact) mass is 345 g/mol. The number of likely N-dealkylation sites (N-methyl/N-ethyl adjacent to an activating group) is 1. The maximum atomic E-state index is 12.3. The van der Waals surface area contributed by atoms with Crippen molar-refractivity contribution in [2.75, 3.05) is 33.2 Å². The van der Waals surface area contributed by atoms with E-state index in [4.69, 9.17) is 0 Å². The Kier molecular flexibility index (Phi) is 7.63. The highest BCUT2D eigenvalue weighted by molar-refractivity contribution is 5.94. The Labute approximate surface area is 145 Å². The number of carbonyl (C=O) groups excluding carboxylic acids is 1. The molecule has 0 bridgehead atoms. The van der Waals surface area contributed by atoms with Gasteiger partial charge in [-0.25, -0.2) is 0 Å². The van der Waals surface area contributed by atoms with Crippen molar-refractivity contribution in [2.45, 2.75) is 19.0 Å². The van der Waals surface area contributed by atoms with Crippen molar-refractivity contribution in [3.8, 4) is 0 Å². The van der Waals surface area contributed by atoms with Crippen molar-refractivity contribution in [2.24, 2.45) is 5.92 Å². The summed E-state index contributed by atoms with van der Waals surface area (Å²) in [7, 11) is 2.16. The zero-order valence-corrected chi connectivity index (χ0v) is 14.5. The molecule has 1 heterocycles. The van der Waals surface area contributed by atoms with Gasteiger partial charge in [-0.1, -0.05) is 18.2 Å². The quantitative estimate of drug-likeness (QED) is 0.908. The Hall–Kier alpha value is -0.810. The smallest absolute Gasteiger partial charge is 0.252 e. The zero-order chi connectivity index (χ0) is 13.9. The molecule has 22 heavy (non-hydrogen) atoms. The number of benzene rings is 1. The molecule has 124 valence electrons. The lowest BCUT2D eigenvalue weighted by atomic mass is 10.2. The maximum Gasteiger partial charge on any atom is 0.252 e. The topological polar surface area (TPSA) is 35.6 Å². The van der Waals surface area contributed by atoms with Gasteiger partial charge < -0.3 is 10.2 Å². The second-order valence-electron chi connectivity index (χ2n) is 5.96. The number of nitrogens with zero attached hydrogens (tertiary/aromatic N) is 2. The molecule has 1 aromatic rings. The first-order chi connectivity index (χ1) is 9.74. The third kappa shape index (κ3) is 4.85. The third-order valence-corrected chi connectivity index (χ3v) is 4.31. The fourth-order valence-electron chi connectivity index (χ4n) is 2.83. The van der Waals surface area contributed by atoms with Gasteiger partial charge in [-0.05, 0) is 37.9 Å². The van der Waals surface area contributed by atoms with Crippen molar-refractivity contribution in [3.63, 3.8) is 0 Å². The summed E-state index contributed by atoms with van der Waals surface area (Å²) in [6.45, 7) is 4.27. The van der Waals surface area contributed by atoms with Crippen LogP contribution in [0.25, 0.3) is 0 Å². The SMILES string of the molecule is CN1CCN(C(NC(=O)c2ccccc2)C2CC2)CC1.Cl.Cl. The largest absolute Gasteiger partial charge is 0.336 e. The average Bonchev–Trinajstić information content (AvgIpc) is 3.31. The van der Waals surface area contributed by atoms with E-state index in [0.29, 0.717) is 5.92 Å². The van der Waals surface area contributed by atoms with Crippen molar-refractivity contribution >= 4 is 30.7 Å². The minimum atomic E-state index is 0. The van der Waals surface area contributed by atoms with Crippen LogP contribution in [0, 0.1) is 5.92 Å². The molecule has 1 amide bonds. The summed E-state index contributed by atoms with van der Waals surface area (Å²) in [6.07, 6.45) is 2.70. The molecule has 0 spiro atoms. The molecule has 4 nitrogen and oxygen atoms in total. The predicted octanol–water partition coefficient (Wildman–Crippen LogP) is 2.24. The van der Waals surface area contributed by atoms with E-state index < -0.39 is 0 Å². The Morgan fingerprint density at radius 1 is 1.09 bits per heavy atom. The van der Waals surface area contributed by atoms with E-state index in [1.54, 1.807) is 0 Å². The summed E-state index contributed by atoms with van der Waals surface area (Å²) in [4.78, 5) is 17.1. The van der Waals surface area contributed by atoms with E-state index in [9.17, 15) is 4.79 Å². The Morgan fingerprint density at radius 2 is 1.68 bits per heavy atom. The van der Waals surface area contributed by atoms with Crippen LogP contribution in [0.15, 0.2) is 30.3 Å². The van der Waals surface area contributed by atoms with Crippen LogP contribution in [-0.2, 0) is 0 Å². The van der Waals surface area contributed by atoms with E-state index in [2.05, 4.69) is 22.2 Å². The molecule has 1 saturated carbocycles. The van der Waals surface area contributed by atoms with Crippen LogP contribution in [0.5, 0.6) is 0 Å². The number of nitrogens with one attached hydrogen (secondary N) is 1. The second kappa shape index (κ2) is 8.73. The number of rotatable bonds is 4. The van der Waals surface area contributed by atoms with Crippen molar-refractivity contribution in [3.05, 3.63) is 35.9 Å². The lowest BCUT2D eigenvalue weighted by molar-refractivity contribution is 0.0660. The van der Waals surface area contributed by atoms with Crippen LogP contribution in [-0.4, -0.2) is 55.1 Å². The summed E-state index contributed by atoms with van der Waals surface area (Å²) in [5, 5.41) is 3.25. The van der Waals surface area contributed by atoms with Crippen LogP contribution < -0.4 is 5.32 Å². The van der Waals surface area contributed by atoms with Crippen LogP contribution in [0.4, 0.5) is 0 Å². The van der Waals surface area contributed by atoms with Crippen LogP contribution in [0.1, 0.15) is 23.2 Å². The summed E-state index contributed by atoms with van der Waals surface area (Å²) < 4.78 is 0. The molecular weight excluding hydrogens is 321 g/mol. The summed E-state index contributed by atoms with van der Waals surface area (Å²) in [5.41, 5.74) is 0.757. The van der Waals surface area contributed by atoms with E-state index in [1.807, 2.05) is 30.3 Å². The van der Waals surface area contributed by atoms with Crippen molar-refractivity contribution in [1.29, 1.82) is 0 Å². The molecule has 1 N–H and O–H groups in total. The predicted molar refractivity (Wildman–Crippen MR) is 94.0 cm³/mol. The van der Waals surface area contributed by atoms with Gasteiger partial charge in [-0.15, -0.1) is 24.8 Å². The highest BCUT2D eigenvalue weighted by Crippen LogP contribution is 2.34. The van der Waals surface area contributed by atoms with Gasteiger partial charge in [0.25, 0.3) is 5.91 Å². The van der Waals surface area contributed by atoms with Crippen molar-refractivity contribution < 1.29 is 4.79 Å². The molecule has 2 fully saturated rings. The van der Waals surface area contributed by atoms with Crippen LogP contribution in [0.3, 0.4) is 0 Å². The number of carbonyl (C=O) groups is 1. The van der Waals surface area contributed by atoms with Gasteiger partial charge in [0, 0.05) is 31.7 Å². The fraction of sp³-hybridized carbons (Fsp3) is 0.562. The first-order valence-electron chi connectivity index (χ1n) is 7.52. The highest BCUT2D eigenvalue weighted by Gasteiger charge is 2.37. The van der Waals surface area contributed by atoms with Crippen molar-refractivity contribution in [1.82, 2.24) is 15.1 Å². The number of hydrogen-bond acceptors (Lipinski definition) is 3. The summed E-state index contributed by atoms with van der Waals surface area (Å²) in [6, 6.07) is 9.52. The molecule has 1 aliphatic heterocycles. The van der Waals surface area contributed by atoms with Gasteiger partial charge in [-0.3, -0.25) is 9.69 Å². The Bertz CT molecular complexity index is 460. The Morgan fingerprint density at radius 3 is 2.23 bits per heavy atom. The van der Waals surface area contributed by atoms with Gasteiger partial charge in [0.15, 0.2) is 0 Å². The van der Waals surface area contributed by atoms with Gasteiger partial charge in [0.05, 0.1) is 6.17 Å². The normalized spacial score (nSPS) is 20.4. The summed E-state index contributed by atoms with van der Waals surface area (Å²) in [5.74, 6) is 0.701. The molecule has 2 aliphatic rings. The average molecular weight is 346 g/mol. The van der Waals surface area contributed by atoms with Gasteiger partial charge >= 0.3 is 0 Å². The van der Waals surface area contributed by atoms with E-state index in [1.165, 1.54) is 12.8 Å². The van der Waals surface area contributed by atoms with E-state index in [0.717, 1.165) is 31.7 Å². The van der Waals surface area contributed by atoms with E-state index >= 15 is 0 Å². The lowest BCUT2D eigenvalue weighted by Gasteiger charge is -2.38. The molecule has 3 rings (SSSR count). The van der Waals surface area contributed by atoms with Crippen LogP contribution in [0.2, 0.25) is 0 Å². The first-order valence-corrected chi connectivity index (χ1v) is 7.52. The molecule has 1 aromatic carbocycles. The molecular formula is C16H25Cl2N3O.